The van der Waals surface area contributed by atoms with Gasteiger partial charge in [0.05, 0.1) is 16.9 Å². The fraction of sp³-hybridized carbons (Fsp3) is 0.424. The number of hydrogen-bond acceptors (Lipinski definition) is 8. The number of nitrogens with one attached hydrogen (secondary N) is 2. The number of thiazole rings is 1. The van der Waals surface area contributed by atoms with Gasteiger partial charge < -0.3 is 20.1 Å². The molecule has 2 bridgehead atoms. The Morgan fingerprint density at radius 2 is 1.78 bits per heavy atom. The van der Waals surface area contributed by atoms with Crippen molar-refractivity contribution in [2.75, 3.05) is 18.5 Å². The number of unbranched alkanes of at least 4 members (excludes halogenated alkanes) is 2. The van der Waals surface area contributed by atoms with Crippen molar-refractivity contribution in [3.8, 4) is 5.75 Å². The van der Waals surface area contributed by atoms with Crippen LogP contribution < -0.4 is 14.9 Å². The van der Waals surface area contributed by atoms with Gasteiger partial charge in [-0.05, 0) is 67.3 Å². The first kappa shape index (κ1) is 31.2. The van der Waals surface area contributed by atoms with E-state index in [0.717, 1.165) is 26.4 Å². The van der Waals surface area contributed by atoms with Crippen molar-refractivity contribution in [3.63, 3.8) is 0 Å². The van der Waals surface area contributed by atoms with Crippen molar-refractivity contribution >= 4 is 68.4 Å². The first-order valence-corrected chi connectivity index (χ1v) is 17.9. The molecule has 3 fully saturated rings. The number of H-pyrrole nitrogens is 1. The minimum Gasteiger partial charge on any atom is -0.483 e. The van der Waals surface area contributed by atoms with E-state index in [4.69, 9.17) is 9.84 Å². The lowest BCUT2D eigenvalue weighted by atomic mass is 9.68. The molecule has 10 nitrogen and oxygen atoms in total. The summed E-state index contributed by atoms with van der Waals surface area (Å²) in [6.07, 6.45) is 2.57. The largest absolute Gasteiger partial charge is 0.483 e. The van der Waals surface area contributed by atoms with E-state index in [9.17, 15) is 24.0 Å². The number of benzene rings is 2. The molecule has 4 aliphatic rings. The lowest BCUT2D eigenvalue weighted by Gasteiger charge is -2.43. The number of aliphatic carboxylic acids is 1. The van der Waals surface area contributed by atoms with Gasteiger partial charge in [0, 0.05) is 44.7 Å². The van der Waals surface area contributed by atoms with Crippen LogP contribution in [0.4, 0.5) is 5.69 Å². The highest BCUT2D eigenvalue weighted by molar-refractivity contribution is 9.10. The van der Waals surface area contributed by atoms with E-state index in [1.807, 2.05) is 36.4 Å². The van der Waals surface area contributed by atoms with Gasteiger partial charge in [-0.2, -0.15) is 0 Å². The Hall–Kier alpha value is -3.42. The quantitative estimate of drug-likeness (QED) is 0.178. The van der Waals surface area contributed by atoms with Crippen molar-refractivity contribution in [1.82, 2.24) is 9.88 Å². The Kier molecular flexibility index (Phi) is 8.58. The van der Waals surface area contributed by atoms with E-state index in [2.05, 4.69) is 26.2 Å². The minimum atomic E-state index is -0.849. The van der Waals surface area contributed by atoms with Crippen molar-refractivity contribution in [2.45, 2.75) is 48.3 Å². The summed E-state index contributed by atoms with van der Waals surface area (Å²) in [5.74, 6) is -1.99. The molecule has 0 spiro atoms. The molecule has 3 heterocycles. The second-order valence-corrected chi connectivity index (χ2v) is 15.5. The smallest absolute Gasteiger partial charge is 0.305 e. The summed E-state index contributed by atoms with van der Waals surface area (Å²) >= 11 is 6.40. The van der Waals surface area contributed by atoms with E-state index in [-0.39, 0.29) is 70.5 Å². The summed E-state index contributed by atoms with van der Waals surface area (Å²) in [6, 6.07) is 14.8. The lowest BCUT2D eigenvalue weighted by Crippen LogP contribution is -2.42. The third-order valence-corrected chi connectivity index (χ3v) is 12.9. The summed E-state index contributed by atoms with van der Waals surface area (Å²) in [5, 5.41) is 12.6. The highest BCUT2D eigenvalue weighted by atomic mass is 79.9. The van der Waals surface area contributed by atoms with Crippen LogP contribution in [-0.2, 0) is 19.2 Å². The van der Waals surface area contributed by atoms with Crippen LogP contribution in [0.1, 0.15) is 48.5 Å². The first-order valence-electron chi connectivity index (χ1n) is 15.4. The van der Waals surface area contributed by atoms with Crippen LogP contribution in [0.5, 0.6) is 5.75 Å². The van der Waals surface area contributed by atoms with E-state index >= 15 is 0 Å². The Morgan fingerprint density at radius 1 is 1.02 bits per heavy atom. The molecule has 240 valence electrons. The Balaban J connectivity index is 1.17. The van der Waals surface area contributed by atoms with Crippen molar-refractivity contribution in [2.24, 2.45) is 29.6 Å². The zero-order valence-corrected chi connectivity index (χ0v) is 27.9. The number of halogens is 1. The summed E-state index contributed by atoms with van der Waals surface area (Å²) in [5.41, 5.74) is 1.51. The number of aromatic nitrogens is 1. The van der Waals surface area contributed by atoms with Crippen LogP contribution in [0.3, 0.4) is 0 Å². The van der Waals surface area contributed by atoms with Crippen molar-refractivity contribution in [1.29, 1.82) is 0 Å². The van der Waals surface area contributed by atoms with Gasteiger partial charge >= 0.3 is 10.8 Å². The maximum atomic E-state index is 13.8. The molecule has 3 amide bonds. The van der Waals surface area contributed by atoms with E-state index < -0.39 is 11.9 Å². The predicted octanol–water partition coefficient (Wildman–Crippen LogP) is 5.33. The molecule has 2 saturated carbocycles. The number of nitrogens with zero attached hydrogens (tertiary/aromatic N) is 1. The molecule has 13 heteroatoms. The monoisotopic (exact) mass is 725 g/mol. The van der Waals surface area contributed by atoms with Crippen LogP contribution in [0.2, 0.25) is 0 Å². The molecule has 7 atom stereocenters. The van der Waals surface area contributed by atoms with Gasteiger partial charge in [0.25, 0.3) is 5.91 Å². The van der Waals surface area contributed by atoms with Gasteiger partial charge in [0.15, 0.2) is 6.61 Å². The maximum absolute atomic E-state index is 13.8. The average Bonchev–Trinajstić information content (AvgIpc) is 3.76. The highest BCUT2D eigenvalue weighted by Gasteiger charge is 2.69. The molecular weight excluding hydrogens is 694 g/mol. The number of rotatable bonds is 11. The van der Waals surface area contributed by atoms with Crippen LogP contribution >= 0.6 is 39.0 Å². The van der Waals surface area contributed by atoms with E-state index in [0.29, 0.717) is 37.2 Å². The number of carboxylic acid groups (broad SMARTS) is 1. The molecule has 3 aromatic rings. The number of carbonyl (C=O) groups excluding carboxylic acids is 3. The molecule has 2 aromatic carbocycles. The zero-order chi connectivity index (χ0) is 32.1. The summed E-state index contributed by atoms with van der Waals surface area (Å²) in [7, 11) is 0. The van der Waals surface area contributed by atoms with Crippen LogP contribution in [0.15, 0.2) is 62.8 Å². The third kappa shape index (κ3) is 5.60. The number of carboxylic acids is 1. The van der Waals surface area contributed by atoms with E-state index in [1.165, 1.54) is 16.2 Å². The number of aromatic amines is 1. The topological polar surface area (TPSA) is 146 Å². The molecule has 46 heavy (non-hydrogen) atoms. The number of ether oxygens (including phenoxy) is 1. The van der Waals surface area contributed by atoms with Crippen molar-refractivity contribution < 1.29 is 29.0 Å². The predicted molar refractivity (Wildman–Crippen MR) is 176 cm³/mol. The number of imide groups is 1. The number of fused-ring (bicyclic) bond motifs is 9. The third-order valence-electron chi connectivity index (χ3n) is 9.81. The number of hydrogen-bond donors (Lipinski definition) is 3. The van der Waals surface area contributed by atoms with E-state index in [1.54, 1.807) is 23.9 Å². The summed E-state index contributed by atoms with van der Waals surface area (Å²) < 4.78 is 6.99. The SMILES string of the molecule is O=C(O)CCCCCN1C(=O)C2C3CC(C2C1=O)C1C3Sc2[nH]c(=O)sc2[C@@H]1c1cc(Br)ccc1OCC(=O)Nc1ccccc1. The Labute approximate surface area is 281 Å². The number of para-hydroxylation sites is 1. The first-order chi connectivity index (χ1) is 22.2. The van der Waals surface area contributed by atoms with Gasteiger partial charge in [-0.3, -0.25) is 28.9 Å². The molecule has 1 aromatic heterocycles. The van der Waals surface area contributed by atoms with Gasteiger partial charge in [-0.1, -0.05) is 51.9 Å². The molecule has 2 aliphatic heterocycles. The minimum absolute atomic E-state index is 0.00863. The number of anilines is 1. The maximum Gasteiger partial charge on any atom is 0.305 e. The Morgan fingerprint density at radius 3 is 2.54 bits per heavy atom. The van der Waals surface area contributed by atoms with Crippen LogP contribution in [-0.4, -0.2) is 57.1 Å². The summed E-state index contributed by atoms with van der Waals surface area (Å²) in [6.45, 7) is 0.103. The molecule has 3 N–H and O–H groups in total. The number of amides is 3. The zero-order valence-electron chi connectivity index (χ0n) is 24.6. The molecule has 6 unspecified atom stereocenters. The molecule has 7 rings (SSSR count). The Bertz CT molecular complexity index is 1760. The van der Waals surface area contributed by atoms with Gasteiger partial charge in [-0.25, -0.2) is 0 Å². The van der Waals surface area contributed by atoms with Crippen LogP contribution in [0, 0.1) is 29.6 Å². The van der Waals surface area contributed by atoms with Gasteiger partial charge in [0.2, 0.25) is 11.8 Å². The normalized spacial score (nSPS) is 27.3. The highest BCUT2D eigenvalue weighted by Crippen LogP contribution is 2.69. The average molecular weight is 727 g/mol. The molecular formula is C33H32BrN3O7S2. The molecule has 2 aliphatic carbocycles. The molecule has 1 saturated heterocycles. The number of likely N-dealkylation sites (tertiary alicyclic amines) is 1. The fourth-order valence-corrected chi connectivity index (χ4v) is 11.4. The fourth-order valence-electron chi connectivity index (χ4n) is 8.13. The molecule has 0 radical (unpaired) electrons. The van der Waals surface area contributed by atoms with Crippen molar-refractivity contribution in [3.05, 3.63) is 73.1 Å². The second kappa shape index (κ2) is 12.6. The summed E-state index contributed by atoms with van der Waals surface area (Å²) in [4.78, 5) is 69.1. The standard InChI is InChI=1S/C33H32BrN3O7S2/c34-16-10-11-21(44-15-22(38)35-17-7-3-1-4-8-17)18(13-16)24-25-19-14-20(28(25)45-30-29(24)46-33(43)36-30)27-26(19)31(41)37(32(27)42)12-6-2-5-9-23(39)40/h1,3-4,7-8,10-11,13,19-20,24-28H,2,5-6,9,12,14-15H2,(H,35,38)(H,36,43)(H,39,40)/t19?,20?,24-,25?,26?,27?,28?/m1/s1. The van der Waals surface area contributed by atoms with Gasteiger partial charge in [-0.15, -0.1) is 11.8 Å². The van der Waals surface area contributed by atoms with Gasteiger partial charge in [0.1, 0.15) is 5.75 Å². The number of carbonyl (C=O) groups is 4. The second-order valence-electron chi connectivity index (χ2n) is 12.4. The number of thioether (sulfide) groups is 1. The lowest BCUT2D eigenvalue weighted by molar-refractivity contribution is -0.141. The van der Waals surface area contributed by atoms with Crippen LogP contribution in [0.25, 0.3) is 0 Å².